The lowest BCUT2D eigenvalue weighted by molar-refractivity contribution is 0.239. The van der Waals surface area contributed by atoms with Crippen molar-refractivity contribution < 1.29 is 0 Å². The number of allylic oxidation sites excluding steroid dienone is 2. The number of aliphatic imine (C=N–C) groups is 1. The number of nitrogens with zero attached hydrogens (tertiary/aromatic N) is 2. The Labute approximate surface area is 102 Å². The van der Waals surface area contributed by atoms with Crippen molar-refractivity contribution in [1.29, 1.82) is 0 Å². The molecule has 3 aliphatic rings. The van der Waals surface area contributed by atoms with E-state index in [1.54, 1.807) is 0 Å². The molecule has 0 saturated carbocycles. The van der Waals surface area contributed by atoms with Crippen LogP contribution in [0.3, 0.4) is 0 Å². The van der Waals surface area contributed by atoms with Crippen molar-refractivity contribution in [3.63, 3.8) is 0 Å². The molecule has 0 amide bonds. The third-order valence-electron chi connectivity index (χ3n) is 3.35. The molecule has 2 aliphatic heterocycles. The average molecular weight is 230 g/mol. The van der Waals surface area contributed by atoms with Gasteiger partial charge in [0.25, 0.3) is 0 Å². The standard InChI is InChI=1S/C13H18N4/c1-10-9-17(7-6-14-10)13-8-15-11-4-2-3-5-12(11)16-13/h2-5,8,10,12,14,16H,6-7,9H2,1H3. The molecule has 17 heavy (non-hydrogen) atoms. The fraction of sp³-hybridized carbons (Fsp3) is 0.462. The molecule has 1 aliphatic carbocycles. The molecular formula is C13H18N4. The molecule has 0 bridgehead atoms. The highest BCUT2D eigenvalue weighted by molar-refractivity contribution is 6.02. The normalized spacial score (nSPS) is 31.5. The summed E-state index contributed by atoms with van der Waals surface area (Å²) < 4.78 is 0. The van der Waals surface area contributed by atoms with Crippen molar-refractivity contribution in [3.05, 3.63) is 36.3 Å². The van der Waals surface area contributed by atoms with Crippen LogP contribution in [0.5, 0.6) is 0 Å². The van der Waals surface area contributed by atoms with Gasteiger partial charge in [-0.1, -0.05) is 18.2 Å². The van der Waals surface area contributed by atoms with Crippen LogP contribution in [0.2, 0.25) is 0 Å². The van der Waals surface area contributed by atoms with Crippen molar-refractivity contribution in [2.45, 2.75) is 19.0 Å². The molecule has 1 fully saturated rings. The third kappa shape index (κ3) is 2.13. The van der Waals surface area contributed by atoms with Gasteiger partial charge in [-0.15, -0.1) is 0 Å². The molecule has 4 nitrogen and oxygen atoms in total. The van der Waals surface area contributed by atoms with Crippen LogP contribution in [0, 0.1) is 0 Å². The maximum absolute atomic E-state index is 4.53. The summed E-state index contributed by atoms with van der Waals surface area (Å²) >= 11 is 0. The summed E-state index contributed by atoms with van der Waals surface area (Å²) in [6.45, 7) is 5.33. The molecule has 2 unspecified atom stereocenters. The second kappa shape index (κ2) is 4.37. The van der Waals surface area contributed by atoms with E-state index in [1.807, 2.05) is 12.3 Å². The number of nitrogens with one attached hydrogen (secondary N) is 2. The molecule has 90 valence electrons. The van der Waals surface area contributed by atoms with Crippen LogP contribution in [0.25, 0.3) is 0 Å². The van der Waals surface area contributed by atoms with E-state index in [1.165, 1.54) is 0 Å². The second-order valence-electron chi connectivity index (χ2n) is 4.74. The van der Waals surface area contributed by atoms with Crippen LogP contribution in [0.4, 0.5) is 0 Å². The highest BCUT2D eigenvalue weighted by Crippen LogP contribution is 2.14. The molecule has 2 heterocycles. The van der Waals surface area contributed by atoms with Gasteiger partial charge in [0.1, 0.15) is 5.82 Å². The van der Waals surface area contributed by atoms with Gasteiger partial charge < -0.3 is 15.5 Å². The number of rotatable bonds is 1. The minimum atomic E-state index is 0.241. The van der Waals surface area contributed by atoms with Gasteiger partial charge in [-0.25, -0.2) is 0 Å². The minimum absolute atomic E-state index is 0.241. The second-order valence-corrected chi connectivity index (χ2v) is 4.74. The van der Waals surface area contributed by atoms with E-state index < -0.39 is 0 Å². The topological polar surface area (TPSA) is 39.7 Å². The molecule has 2 atom stereocenters. The molecule has 0 radical (unpaired) electrons. The van der Waals surface area contributed by atoms with E-state index in [-0.39, 0.29) is 6.04 Å². The van der Waals surface area contributed by atoms with Crippen molar-refractivity contribution in [1.82, 2.24) is 15.5 Å². The average Bonchev–Trinajstić information content (AvgIpc) is 2.38. The summed E-state index contributed by atoms with van der Waals surface area (Å²) in [4.78, 5) is 6.89. The molecule has 0 aromatic heterocycles. The van der Waals surface area contributed by atoms with Gasteiger partial charge in [-0.2, -0.15) is 0 Å². The van der Waals surface area contributed by atoms with Crippen LogP contribution >= 0.6 is 0 Å². The highest BCUT2D eigenvalue weighted by Gasteiger charge is 2.23. The fourth-order valence-corrected chi connectivity index (χ4v) is 2.43. The Bertz CT molecular complexity index is 419. The Hall–Kier alpha value is -1.55. The fourth-order valence-electron chi connectivity index (χ4n) is 2.43. The predicted molar refractivity (Wildman–Crippen MR) is 69.8 cm³/mol. The largest absolute Gasteiger partial charge is 0.359 e. The zero-order valence-corrected chi connectivity index (χ0v) is 10.1. The van der Waals surface area contributed by atoms with Crippen LogP contribution < -0.4 is 10.6 Å². The first-order valence-electron chi connectivity index (χ1n) is 6.20. The molecule has 4 heteroatoms. The maximum atomic E-state index is 4.53. The first kappa shape index (κ1) is 10.6. The molecule has 1 saturated heterocycles. The number of fused-ring (bicyclic) bond motifs is 1. The first-order valence-corrected chi connectivity index (χ1v) is 6.20. The van der Waals surface area contributed by atoms with Crippen LogP contribution in [0.1, 0.15) is 6.92 Å². The zero-order valence-electron chi connectivity index (χ0n) is 10.1. The van der Waals surface area contributed by atoms with E-state index in [0.717, 1.165) is 31.2 Å². The Balaban J connectivity index is 1.76. The molecular weight excluding hydrogens is 212 g/mol. The van der Waals surface area contributed by atoms with E-state index in [0.29, 0.717) is 6.04 Å². The lowest BCUT2D eigenvalue weighted by atomic mass is 10.1. The molecule has 0 aromatic rings. The quantitative estimate of drug-likeness (QED) is 0.693. The maximum Gasteiger partial charge on any atom is 0.121 e. The van der Waals surface area contributed by atoms with Gasteiger partial charge in [0, 0.05) is 25.7 Å². The molecule has 2 N–H and O–H groups in total. The summed E-state index contributed by atoms with van der Waals surface area (Å²) in [6, 6.07) is 0.781. The molecule has 3 rings (SSSR count). The van der Waals surface area contributed by atoms with Gasteiger partial charge in [0.15, 0.2) is 0 Å². The van der Waals surface area contributed by atoms with Crippen molar-refractivity contribution >= 4 is 5.71 Å². The first-order chi connectivity index (χ1) is 8.33. The number of piperazine rings is 1. The molecule has 0 aromatic carbocycles. The van der Waals surface area contributed by atoms with Gasteiger partial charge >= 0.3 is 0 Å². The van der Waals surface area contributed by atoms with Crippen LogP contribution in [-0.2, 0) is 0 Å². The summed E-state index contributed by atoms with van der Waals surface area (Å²) in [6.07, 6.45) is 10.3. The minimum Gasteiger partial charge on any atom is -0.359 e. The predicted octanol–water partition coefficient (Wildman–Crippen LogP) is 0.618. The van der Waals surface area contributed by atoms with E-state index >= 15 is 0 Å². The van der Waals surface area contributed by atoms with Crippen LogP contribution in [0.15, 0.2) is 41.3 Å². The Morgan fingerprint density at radius 3 is 3.24 bits per heavy atom. The zero-order chi connectivity index (χ0) is 11.7. The van der Waals surface area contributed by atoms with Gasteiger partial charge in [-0.3, -0.25) is 4.99 Å². The molecule has 0 spiro atoms. The van der Waals surface area contributed by atoms with Crippen molar-refractivity contribution in [2.24, 2.45) is 4.99 Å². The summed E-state index contributed by atoms with van der Waals surface area (Å²) in [5.74, 6) is 1.15. The third-order valence-corrected chi connectivity index (χ3v) is 3.35. The monoisotopic (exact) mass is 230 g/mol. The van der Waals surface area contributed by atoms with Crippen molar-refractivity contribution in [3.8, 4) is 0 Å². The Morgan fingerprint density at radius 1 is 1.41 bits per heavy atom. The lowest BCUT2D eigenvalue weighted by Crippen LogP contribution is -2.52. The SMILES string of the molecule is CC1CN(C2=CN=C3C=CC=CC3N2)CCN1. The highest BCUT2D eigenvalue weighted by atomic mass is 15.3. The van der Waals surface area contributed by atoms with E-state index in [4.69, 9.17) is 0 Å². The Morgan fingerprint density at radius 2 is 2.35 bits per heavy atom. The van der Waals surface area contributed by atoms with Gasteiger partial charge in [-0.05, 0) is 13.0 Å². The van der Waals surface area contributed by atoms with E-state index in [9.17, 15) is 0 Å². The van der Waals surface area contributed by atoms with Crippen molar-refractivity contribution in [2.75, 3.05) is 19.6 Å². The van der Waals surface area contributed by atoms with Crippen LogP contribution in [-0.4, -0.2) is 42.3 Å². The summed E-state index contributed by atoms with van der Waals surface area (Å²) in [5, 5.41) is 6.99. The summed E-state index contributed by atoms with van der Waals surface area (Å²) in [7, 11) is 0. The van der Waals surface area contributed by atoms with E-state index in [2.05, 4.69) is 45.7 Å². The lowest BCUT2D eigenvalue weighted by Gasteiger charge is -2.37. The smallest absolute Gasteiger partial charge is 0.121 e. The number of hydrogen-bond acceptors (Lipinski definition) is 4. The Kier molecular flexibility index (Phi) is 2.73. The summed E-state index contributed by atoms with van der Waals surface area (Å²) in [5.41, 5.74) is 1.10. The number of hydrogen-bond donors (Lipinski definition) is 2. The van der Waals surface area contributed by atoms with Gasteiger partial charge in [0.05, 0.1) is 18.0 Å². The van der Waals surface area contributed by atoms with Gasteiger partial charge in [0.2, 0.25) is 0 Å².